The Morgan fingerprint density at radius 2 is 1.72 bits per heavy atom. The number of hydrogen-bond acceptors (Lipinski definition) is 2. The van der Waals surface area contributed by atoms with Gasteiger partial charge in [0, 0.05) is 16.7 Å². The van der Waals surface area contributed by atoms with E-state index in [0.29, 0.717) is 12.3 Å². The average molecular weight is 367 g/mol. The van der Waals surface area contributed by atoms with Gasteiger partial charge in [0.2, 0.25) is 0 Å². The summed E-state index contributed by atoms with van der Waals surface area (Å²) in [6.45, 7) is 6.45. The molecule has 142 valence electrons. The number of hydrogen-bond donors (Lipinski definition) is 2. The summed E-state index contributed by atoms with van der Waals surface area (Å²) in [4.78, 5) is 0. The second-order valence-electron chi connectivity index (χ2n) is 8.38. The van der Waals surface area contributed by atoms with Crippen molar-refractivity contribution >= 4 is 11.6 Å². The Morgan fingerprint density at radius 1 is 1.08 bits per heavy atom. The molecule has 0 aliphatic heterocycles. The molecule has 0 spiro atoms. The van der Waals surface area contributed by atoms with E-state index in [1.165, 1.54) is 37.7 Å². The predicted octanol–water partition coefficient (Wildman–Crippen LogP) is 5.39. The standard InChI is InChI=1S/C22H35ClO2/c1-4-5-6-7-8-9-18-19(23)14-20(25)21(18)16-10-12-17(13-11-16)22(2,3)15-24/h10-13,18-21,24-25H,4-9,14-15H2,1-3H3/t18-,19+,20+,21+/m0/s1. The van der Waals surface area contributed by atoms with Crippen molar-refractivity contribution < 1.29 is 10.2 Å². The van der Waals surface area contributed by atoms with Gasteiger partial charge in [-0.25, -0.2) is 0 Å². The number of rotatable bonds is 9. The lowest BCUT2D eigenvalue weighted by Crippen LogP contribution is -2.23. The maximum absolute atomic E-state index is 10.6. The molecule has 4 atom stereocenters. The van der Waals surface area contributed by atoms with Crippen LogP contribution in [0.5, 0.6) is 0 Å². The van der Waals surface area contributed by atoms with Crippen LogP contribution in [0.4, 0.5) is 0 Å². The first-order chi connectivity index (χ1) is 11.9. The van der Waals surface area contributed by atoms with Crippen LogP contribution in [0.3, 0.4) is 0 Å². The van der Waals surface area contributed by atoms with Gasteiger partial charge in [-0.05, 0) is 29.9 Å². The van der Waals surface area contributed by atoms with Crippen LogP contribution < -0.4 is 0 Å². The van der Waals surface area contributed by atoms with E-state index in [2.05, 4.69) is 31.2 Å². The van der Waals surface area contributed by atoms with Crippen LogP contribution in [0.1, 0.15) is 82.8 Å². The highest BCUT2D eigenvalue weighted by atomic mass is 35.5. The number of benzene rings is 1. The zero-order valence-electron chi connectivity index (χ0n) is 16.0. The maximum atomic E-state index is 10.6. The molecule has 2 nitrogen and oxygen atoms in total. The summed E-state index contributed by atoms with van der Waals surface area (Å²) in [6, 6.07) is 8.44. The Hall–Kier alpha value is -0.570. The molecule has 1 aromatic rings. The van der Waals surface area contributed by atoms with Crippen LogP contribution >= 0.6 is 11.6 Å². The monoisotopic (exact) mass is 366 g/mol. The first-order valence-corrected chi connectivity index (χ1v) is 10.4. The molecule has 1 aromatic carbocycles. The molecule has 1 aliphatic rings. The smallest absolute Gasteiger partial charge is 0.0626 e. The van der Waals surface area contributed by atoms with Gasteiger partial charge < -0.3 is 10.2 Å². The lowest BCUT2D eigenvalue weighted by Gasteiger charge is -2.26. The highest BCUT2D eigenvalue weighted by Gasteiger charge is 2.41. The van der Waals surface area contributed by atoms with Crippen LogP contribution in [-0.2, 0) is 5.41 Å². The molecular formula is C22H35ClO2. The number of aliphatic hydroxyl groups is 2. The van der Waals surface area contributed by atoms with Gasteiger partial charge in [0.05, 0.1) is 12.7 Å². The summed E-state index contributed by atoms with van der Waals surface area (Å²) in [5.41, 5.74) is 2.08. The fourth-order valence-electron chi connectivity index (χ4n) is 4.12. The molecule has 0 saturated heterocycles. The minimum atomic E-state index is -0.347. The molecule has 0 radical (unpaired) electrons. The molecule has 25 heavy (non-hydrogen) atoms. The van der Waals surface area contributed by atoms with Crippen molar-refractivity contribution in [1.29, 1.82) is 0 Å². The first-order valence-electron chi connectivity index (χ1n) is 9.94. The van der Waals surface area contributed by atoms with Gasteiger partial charge in [-0.3, -0.25) is 0 Å². The van der Waals surface area contributed by atoms with Gasteiger partial charge >= 0.3 is 0 Å². The SMILES string of the molecule is CCCCCCC[C@@H]1[C@@H](c2ccc(C(C)(C)CO)cc2)[C@H](O)C[C@H]1Cl. The molecule has 3 heteroatoms. The van der Waals surface area contributed by atoms with Crippen LogP contribution in [0.25, 0.3) is 0 Å². The summed E-state index contributed by atoms with van der Waals surface area (Å²) in [5, 5.41) is 20.2. The van der Waals surface area contributed by atoms with Crippen molar-refractivity contribution in [2.75, 3.05) is 6.61 Å². The molecule has 1 saturated carbocycles. The molecule has 0 amide bonds. The number of aliphatic hydroxyl groups excluding tert-OH is 2. The molecule has 0 aromatic heterocycles. The van der Waals surface area contributed by atoms with Crippen LogP contribution in [0.2, 0.25) is 0 Å². The number of halogens is 1. The second kappa shape index (κ2) is 9.39. The van der Waals surface area contributed by atoms with E-state index in [4.69, 9.17) is 11.6 Å². The van der Waals surface area contributed by atoms with Gasteiger partial charge in [-0.2, -0.15) is 0 Å². The number of alkyl halides is 1. The Balaban J connectivity index is 2.06. The van der Waals surface area contributed by atoms with E-state index in [0.717, 1.165) is 12.0 Å². The Labute approximate surface area is 158 Å². The van der Waals surface area contributed by atoms with E-state index in [1.807, 2.05) is 13.8 Å². The van der Waals surface area contributed by atoms with Crippen LogP contribution in [-0.4, -0.2) is 28.3 Å². The Bertz CT molecular complexity index is 511. The predicted molar refractivity (Wildman–Crippen MR) is 106 cm³/mol. The largest absolute Gasteiger partial charge is 0.395 e. The van der Waals surface area contributed by atoms with Crippen molar-refractivity contribution in [2.24, 2.45) is 5.92 Å². The van der Waals surface area contributed by atoms with E-state index in [-0.39, 0.29) is 29.4 Å². The van der Waals surface area contributed by atoms with Crippen molar-refractivity contribution in [3.63, 3.8) is 0 Å². The molecule has 2 rings (SSSR count). The highest BCUT2D eigenvalue weighted by Crippen LogP contribution is 2.45. The molecule has 0 heterocycles. The van der Waals surface area contributed by atoms with E-state index < -0.39 is 0 Å². The highest BCUT2D eigenvalue weighted by molar-refractivity contribution is 6.21. The van der Waals surface area contributed by atoms with E-state index >= 15 is 0 Å². The molecule has 0 unspecified atom stereocenters. The van der Waals surface area contributed by atoms with Gasteiger partial charge in [-0.1, -0.05) is 77.1 Å². The van der Waals surface area contributed by atoms with E-state index in [9.17, 15) is 10.2 Å². The minimum absolute atomic E-state index is 0.0692. The quantitative estimate of drug-likeness (QED) is 0.454. The first kappa shape index (κ1) is 20.7. The summed E-state index contributed by atoms with van der Waals surface area (Å²) in [5.74, 6) is 0.495. The number of unbranched alkanes of at least 4 members (excludes halogenated alkanes) is 4. The molecule has 0 bridgehead atoms. The zero-order valence-corrected chi connectivity index (χ0v) is 16.8. The van der Waals surface area contributed by atoms with Crippen LogP contribution in [0, 0.1) is 5.92 Å². The summed E-state index contributed by atoms with van der Waals surface area (Å²) < 4.78 is 0. The lowest BCUT2D eigenvalue weighted by atomic mass is 9.81. The van der Waals surface area contributed by atoms with E-state index in [1.54, 1.807) is 0 Å². The topological polar surface area (TPSA) is 40.5 Å². The van der Waals surface area contributed by atoms with Gasteiger partial charge in [-0.15, -0.1) is 11.6 Å². The lowest BCUT2D eigenvalue weighted by molar-refractivity contribution is 0.153. The molecule has 1 fully saturated rings. The van der Waals surface area contributed by atoms with Crippen molar-refractivity contribution in [2.45, 2.75) is 88.5 Å². The third kappa shape index (κ3) is 5.21. The minimum Gasteiger partial charge on any atom is -0.395 e. The molecule has 2 N–H and O–H groups in total. The van der Waals surface area contributed by atoms with Gasteiger partial charge in [0.25, 0.3) is 0 Å². The summed E-state index contributed by atoms with van der Waals surface area (Å²) in [6.07, 6.45) is 7.78. The Kier molecular flexibility index (Phi) is 7.79. The molecular weight excluding hydrogens is 332 g/mol. The summed E-state index contributed by atoms with van der Waals surface area (Å²) >= 11 is 6.59. The third-order valence-electron chi connectivity index (χ3n) is 5.92. The third-order valence-corrected chi connectivity index (χ3v) is 6.42. The average Bonchev–Trinajstić information content (AvgIpc) is 2.88. The van der Waals surface area contributed by atoms with Crippen molar-refractivity contribution in [3.05, 3.63) is 35.4 Å². The molecule has 1 aliphatic carbocycles. The van der Waals surface area contributed by atoms with Crippen molar-refractivity contribution in [1.82, 2.24) is 0 Å². The maximum Gasteiger partial charge on any atom is 0.0626 e. The fourth-order valence-corrected chi connectivity index (χ4v) is 4.59. The Morgan fingerprint density at radius 3 is 2.32 bits per heavy atom. The van der Waals surface area contributed by atoms with Crippen molar-refractivity contribution in [3.8, 4) is 0 Å². The van der Waals surface area contributed by atoms with Gasteiger partial charge in [0.15, 0.2) is 0 Å². The van der Waals surface area contributed by atoms with Crippen LogP contribution in [0.15, 0.2) is 24.3 Å². The zero-order chi connectivity index (χ0) is 18.4. The van der Waals surface area contributed by atoms with Gasteiger partial charge in [0.1, 0.15) is 0 Å². The summed E-state index contributed by atoms with van der Waals surface area (Å²) in [7, 11) is 0. The second-order valence-corrected chi connectivity index (χ2v) is 8.94. The fraction of sp³-hybridized carbons (Fsp3) is 0.727. The normalized spacial score (nSPS) is 27.0.